The molecule has 0 N–H and O–H groups in total. The van der Waals surface area contributed by atoms with Crippen LogP contribution in [-0.4, -0.2) is 10.5 Å². The molecule has 0 nitrogen and oxygen atoms in total. The maximum absolute atomic E-state index is 2.33. The second kappa shape index (κ2) is 6.09. The summed E-state index contributed by atoms with van der Waals surface area (Å²) >= 11 is 2.12. The molecule has 62 valence electrons. The molecule has 0 aliphatic carbocycles. The van der Waals surface area contributed by atoms with Gasteiger partial charge in [0.1, 0.15) is 0 Å². The Balaban J connectivity index is 3.27. The predicted octanol–water partition coefficient (Wildman–Crippen LogP) is 3.71. The Morgan fingerprint density at radius 1 is 1.10 bits per heavy atom. The van der Waals surface area contributed by atoms with Crippen LogP contribution in [0.4, 0.5) is 0 Å². The molecule has 0 fully saturated rings. The van der Waals surface area contributed by atoms with Crippen LogP contribution in [0.25, 0.3) is 0 Å². The molecular formula is C9H20S. The molecule has 2 atom stereocenters. The Bertz CT molecular complexity index is 71.1. The minimum absolute atomic E-state index is 0.849. The molecule has 0 spiro atoms. The van der Waals surface area contributed by atoms with Crippen molar-refractivity contribution in [2.45, 2.75) is 57.5 Å². The van der Waals surface area contributed by atoms with Crippen LogP contribution in [0.5, 0.6) is 0 Å². The lowest BCUT2D eigenvalue weighted by Crippen LogP contribution is -2.02. The molecule has 0 aromatic rings. The van der Waals surface area contributed by atoms with Gasteiger partial charge in [-0.2, -0.15) is 11.8 Å². The minimum Gasteiger partial charge on any atom is -0.156 e. The molecule has 0 heterocycles. The van der Waals surface area contributed by atoms with Crippen molar-refractivity contribution in [3.63, 3.8) is 0 Å². The van der Waals surface area contributed by atoms with Crippen molar-refractivity contribution < 1.29 is 0 Å². The van der Waals surface area contributed by atoms with E-state index in [-0.39, 0.29) is 0 Å². The number of hydrogen-bond donors (Lipinski definition) is 0. The van der Waals surface area contributed by atoms with Crippen molar-refractivity contribution in [2.75, 3.05) is 0 Å². The van der Waals surface area contributed by atoms with Crippen molar-refractivity contribution in [2.24, 2.45) is 0 Å². The fourth-order valence-electron chi connectivity index (χ4n) is 0.967. The van der Waals surface area contributed by atoms with Crippen LogP contribution in [0, 0.1) is 0 Å². The average Bonchev–Trinajstić information content (AvgIpc) is 1.88. The molecule has 0 saturated carbocycles. The maximum Gasteiger partial charge on any atom is 0.00212 e. The molecule has 1 heteroatoms. The molecule has 0 rings (SSSR count). The summed E-state index contributed by atoms with van der Waals surface area (Å²) in [4.78, 5) is 0. The van der Waals surface area contributed by atoms with Gasteiger partial charge in [0.2, 0.25) is 0 Å². The lowest BCUT2D eigenvalue weighted by Gasteiger charge is -2.14. The molecule has 0 aliphatic rings. The molecule has 0 saturated heterocycles. The maximum atomic E-state index is 2.33. The van der Waals surface area contributed by atoms with Crippen molar-refractivity contribution in [1.82, 2.24) is 0 Å². The Labute approximate surface area is 69.8 Å². The van der Waals surface area contributed by atoms with E-state index in [0.29, 0.717) is 0 Å². The summed E-state index contributed by atoms with van der Waals surface area (Å²) in [6.07, 6.45) is 4.00. The third-order valence-corrected chi connectivity index (χ3v) is 3.23. The van der Waals surface area contributed by atoms with Crippen LogP contribution in [0.3, 0.4) is 0 Å². The summed E-state index contributed by atoms with van der Waals surface area (Å²) < 4.78 is 0. The highest BCUT2D eigenvalue weighted by Gasteiger charge is 2.05. The number of hydrogen-bond acceptors (Lipinski definition) is 1. The smallest absolute Gasteiger partial charge is 0.00212 e. The zero-order valence-corrected chi connectivity index (χ0v) is 8.50. The first kappa shape index (κ1) is 10.3. The van der Waals surface area contributed by atoms with Crippen LogP contribution >= 0.6 is 11.8 Å². The summed E-state index contributed by atoms with van der Waals surface area (Å²) in [5.74, 6) is 0. The lowest BCUT2D eigenvalue weighted by atomic mass is 10.3. The summed E-state index contributed by atoms with van der Waals surface area (Å²) in [6.45, 7) is 9.17. The predicted molar refractivity (Wildman–Crippen MR) is 51.7 cm³/mol. The third-order valence-electron chi connectivity index (χ3n) is 1.73. The highest BCUT2D eigenvalue weighted by Crippen LogP contribution is 2.22. The van der Waals surface area contributed by atoms with E-state index in [9.17, 15) is 0 Å². The SMILES string of the molecule is CCCC(C)SC(C)CC. The highest BCUT2D eigenvalue weighted by atomic mass is 32.2. The normalized spacial score (nSPS) is 16.8. The standard InChI is InChI=1S/C9H20S/c1-5-7-9(4)10-8(3)6-2/h8-9H,5-7H2,1-4H3. The van der Waals surface area contributed by atoms with E-state index in [4.69, 9.17) is 0 Å². The van der Waals surface area contributed by atoms with Gasteiger partial charge in [-0.3, -0.25) is 0 Å². The fraction of sp³-hybridized carbons (Fsp3) is 1.00. The highest BCUT2D eigenvalue weighted by molar-refractivity contribution is 8.00. The Morgan fingerprint density at radius 2 is 1.70 bits per heavy atom. The lowest BCUT2D eigenvalue weighted by molar-refractivity contribution is 0.777. The Kier molecular flexibility index (Phi) is 6.30. The molecular weight excluding hydrogens is 140 g/mol. The quantitative estimate of drug-likeness (QED) is 0.591. The molecule has 10 heavy (non-hydrogen) atoms. The third kappa shape index (κ3) is 5.16. The van der Waals surface area contributed by atoms with Crippen molar-refractivity contribution in [3.8, 4) is 0 Å². The van der Waals surface area contributed by atoms with Gasteiger partial charge in [-0.15, -0.1) is 0 Å². The molecule has 2 unspecified atom stereocenters. The number of rotatable bonds is 5. The van der Waals surface area contributed by atoms with Gasteiger partial charge in [0.15, 0.2) is 0 Å². The van der Waals surface area contributed by atoms with Crippen molar-refractivity contribution >= 4 is 11.8 Å². The molecule has 0 amide bonds. The second-order valence-corrected chi connectivity index (χ2v) is 4.84. The summed E-state index contributed by atoms with van der Waals surface area (Å²) in [6, 6.07) is 0. The van der Waals surface area contributed by atoms with E-state index in [1.807, 2.05) is 0 Å². The number of thioether (sulfide) groups is 1. The zero-order valence-electron chi connectivity index (χ0n) is 7.68. The van der Waals surface area contributed by atoms with Crippen LogP contribution in [0.15, 0.2) is 0 Å². The first-order chi connectivity index (χ1) is 4.70. The first-order valence-corrected chi connectivity index (χ1v) is 5.30. The van der Waals surface area contributed by atoms with Gasteiger partial charge in [-0.25, -0.2) is 0 Å². The van der Waals surface area contributed by atoms with E-state index >= 15 is 0 Å². The van der Waals surface area contributed by atoms with Crippen LogP contribution in [-0.2, 0) is 0 Å². The summed E-state index contributed by atoms with van der Waals surface area (Å²) in [5.41, 5.74) is 0. The molecule has 0 aromatic heterocycles. The molecule has 0 radical (unpaired) electrons. The van der Waals surface area contributed by atoms with Gasteiger partial charge in [0, 0.05) is 10.5 Å². The summed E-state index contributed by atoms with van der Waals surface area (Å²) in [7, 11) is 0. The topological polar surface area (TPSA) is 0 Å². The van der Waals surface area contributed by atoms with Gasteiger partial charge in [0.05, 0.1) is 0 Å². The van der Waals surface area contributed by atoms with Gasteiger partial charge >= 0.3 is 0 Å². The van der Waals surface area contributed by atoms with Gasteiger partial charge in [-0.05, 0) is 12.8 Å². The van der Waals surface area contributed by atoms with E-state index in [0.717, 1.165) is 10.5 Å². The van der Waals surface area contributed by atoms with E-state index in [1.54, 1.807) is 0 Å². The van der Waals surface area contributed by atoms with Crippen LogP contribution in [0.2, 0.25) is 0 Å². The van der Waals surface area contributed by atoms with Gasteiger partial charge < -0.3 is 0 Å². The van der Waals surface area contributed by atoms with Crippen molar-refractivity contribution in [1.29, 1.82) is 0 Å². The minimum atomic E-state index is 0.849. The molecule has 0 aromatic carbocycles. The van der Waals surface area contributed by atoms with Crippen LogP contribution in [0.1, 0.15) is 47.0 Å². The Hall–Kier alpha value is 0.350. The van der Waals surface area contributed by atoms with E-state index in [2.05, 4.69) is 39.5 Å². The Morgan fingerprint density at radius 3 is 2.10 bits per heavy atom. The van der Waals surface area contributed by atoms with Crippen molar-refractivity contribution in [3.05, 3.63) is 0 Å². The van der Waals surface area contributed by atoms with Gasteiger partial charge in [0.25, 0.3) is 0 Å². The summed E-state index contributed by atoms with van der Waals surface area (Å²) in [5, 5.41) is 1.71. The van der Waals surface area contributed by atoms with Crippen LogP contribution < -0.4 is 0 Å². The average molecular weight is 160 g/mol. The van der Waals surface area contributed by atoms with E-state index in [1.165, 1.54) is 19.3 Å². The largest absolute Gasteiger partial charge is 0.156 e. The first-order valence-electron chi connectivity index (χ1n) is 4.36. The molecule has 0 bridgehead atoms. The zero-order chi connectivity index (χ0) is 7.98. The monoisotopic (exact) mass is 160 g/mol. The van der Waals surface area contributed by atoms with E-state index < -0.39 is 0 Å². The fourth-order valence-corrected chi connectivity index (χ4v) is 2.32. The molecule has 0 aliphatic heterocycles. The van der Waals surface area contributed by atoms with Gasteiger partial charge in [-0.1, -0.05) is 34.1 Å². The second-order valence-electron chi connectivity index (χ2n) is 2.95.